The highest BCUT2D eigenvalue weighted by molar-refractivity contribution is 4.92. The first-order valence-electron chi connectivity index (χ1n) is 3.66. The van der Waals surface area contributed by atoms with Crippen molar-refractivity contribution in [1.82, 2.24) is 0 Å². The SMILES string of the molecule is C[C@H]1CO[C@@H]2[C@H]1OC[C@@H]2F. The van der Waals surface area contributed by atoms with E-state index in [9.17, 15) is 4.39 Å². The van der Waals surface area contributed by atoms with Gasteiger partial charge in [0, 0.05) is 5.92 Å². The second-order valence-electron chi connectivity index (χ2n) is 3.09. The smallest absolute Gasteiger partial charge is 0.152 e. The molecular formula is C7H11FO2. The molecule has 2 fully saturated rings. The zero-order valence-corrected chi connectivity index (χ0v) is 5.92. The fraction of sp³-hybridized carbons (Fsp3) is 1.00. The van der Waals surface area contributed by atoms with E-state index in [-0.39, 0.29) is 18.8 Å². The van der Waals surface area contributed by atoms with Crippen LogP contribution in [0.4, 0.5) is 4.39 Å². The van der Waals surface area contributed by atoms with E-state index < -0.39 is 6.17 Å². The van der Waals surface area contributed by atoms with Gasteiger partial charge in [0.2, 0.25) is 0 Å². The molecule has 0 bridgehead atoms. The number of hydrogen-bond donors (Lipinski definition) is 0. The van der Waals surface area contributed by atoms with Crippen molar-refractivity contribution in [3.05, 3.63) is 0 Å². The average Bonchev–Trinajstić information content (AvgIpc) is 2.41. The quantitative estimate of drug-likeness (QED) is 0.502. The Bertz CT molecular complexity index is 124. The number of ether oxygens (including phenoxy) is 2. The van der Waals surface area contributed by atoms with Gasteiger partial charge < -0.3 is 9.47 Å². The zero-order chi connectivity index (χ0) is 7.14. The second-order valence-corrected chi connectivity index (χ2v) is 3.09. The predicted molar refractivity (Wildman–Crippen MR) is 33.5 cm³/mol. The first-order valence-corrected chi connectivity index (χ1v) is 3.66. The van der Waals surface area contributed by atoms with Gasteiger partial charge in [0.1, 0.15) is 6.10 Å². The van der Waals surface area contributed by atoms with Crippen LogP contribution in [-0.2, 0) is 9.47 Å². The molecular weight excluding hydrogens is 135 g/mol. The van der Waals surface area contributed by atoms with E-state index in [1.165, 1.54) is 0 Å². The molecule has 10 heavy (non-hydrogen) atoms. The van der Waals surface area contributed by atoms with Gasteiger partial charge in [0.15, 0.2) is 6.17 Å². The molecule has 0 unspecified atom stereocenters. The Labute approximate surface area is 59.3 Å². The van der Waals surface area contributed by atoms with Crippen LogP contribution in [0.25, 0.3) is 0 Å². The Hall–Kier alpha value is -0.150. The van der Waals surface area contributed by atoms with Crippen LogP contribution in [0.1, 0.15) is 6.92 Å². The molecule has 0 aromatic rings. The lowest BCUT2D eigenvalue weighted by Crippen LogP contribution is -2.25. The molecule has 0 aromatic heterocycles. The standard InChI is InChI=1S/C7H11FO2/c1-4-2-9-7-5(8)3-10-6(4)7/h4-7H,2-3H2,1H3/t4-,5-,6-,7-/m0/s1. The van der Waals surface area contributed by atoms with Gasteiger partial charge in [-0.05, 0) is 0 Å². The molecule has 4 atom stereocenters. The van der Waals surface area contributed by atoms with Crippen LogP contribution in [0.3, 0.4) is 0 Å². The van der Waals surface area contributed by atoms with Crippen LogP contribution in [0, 0.1) is 5.92 Å². The van der Waals surface area contributed by atoms with Crippen LogP contribution in [0.5, 0.6) is 0 Å². The summed E-state index contributed by atoms with van der Waals surface area (Å²) in [5.41, 5.74) is 0. The first kappa shape index (κ1) is 6.55. The van der Waals surface area contributed by atoms with E-state index in [1.54, 1.807) is 0 Å². The molecule has 0 aromatic carbocycles. The van der Waals surface area contributed by atoms with Crippen molar-refractivity contribution < 1.29 is 13.9 Å². The van der Waals surface area contributed by atoms with Crippen LogP contribution in [0.2, 0.25) is 0 Å². The number of hydrogen-bond acceptors (Lipinski definition) is 2. The summed E-state index contributed by atoms with van der Waals surface area (Å²) in [6, 6.07) is 0. The Morgan fingerprint density at radius 1 is 1.20 bits per heavy atom. The molecule has 2 aliphatic rings. The number of alkyl halides is 1. The maximum absolute atomic E-state index is 12.8. The third-order valence-corrected chi connectivity index (χ3v) is 2.24. The van der Waals surface area contributed by atoms with Gasteiger partial charge in [0.05, 0.1) is 19.3 Å². The Morgan fingerprint density at radius 2 is 1.90 bits per heavy atom. The van der Waals surface area contributed by atoms with Crippen molar-refractivity contribution in [1.29, 1.82) is 0 Å². The largest absolute Gasteiger partial charge is 0.372 e. The predicted octanol–water partition coefficient (Wildman–Crippen LogP) is 0.758. The third-order valence-electron chi connectivity index (χ3n) is 2.24. The van der Waals surface area contributed by atoms with Crippen LogP contribution in [-0.4, -0.2) is 31.6 Å². The highest BCUT2D eigenvalue weighted by atomic mass is 19.1. The maximum Gasteiger partial charge on any atom is 0.152 e. The summed E-state index contributed by atoms with van der Waals surface area (Å²) in [4.78, 5) is 0. The Kier molecular flexibility index (Phi) is 1.42. The number of halogens is 1. The highest BCUT2D eigenvalue weighted by Gasteiger charge is 2.45. The van der Waals surface area contributed by atoms with Crippen molar-refractivity contribution in [2.45, 2.75) is 25.3 Å². The summed E-state index contributed by atoms with van der Waals surface area (Å²) in [5.74, 6) is 0.366. The first-order chi connectivity index (χ1) is 4.79. The van der Waals surface area contributed by atoms with E-state index in [1.807, 2.05) is 6.92 Å². The van der Waals surface area contributed by atoms with Gasteiger partial charge in [0.25, 0.3) is 0 Å². The fourth-order valence-corrected chi connectivity index (χ4v) is 1.64. The summed E-state index contributed by atoms with van der Waals surface area (Å²) in [5, 5.41) is 0. The molecule has 2 aliphatic heterocycles. The van der Waals surface area contributed by atoms with Gasteiger partial charge in [-0.25, -0.2) is 4.39 Å². The lowest BCUT2D eigenvalue weighted by atomic mass is 10.0. The Morgan fingerprint density at radius 3 is 2.60 bits per heavy atom. The molecule has 3 heteroatoms. The minimum Gasteiger partial charge on any atom is -0.372 e. The monoisotopic (exact) mass is 146 g/mol. The third kappa shape index (κ3) is 0.772. The Balaban J connectivity index is 2.09. The van der Waals surface area contributed by atoms with E-state index in [0.29, 0.717) is 12.5 Å². The summed E-state index contributed by atoms with van der Waals surface area (Å²) < 4.78 is 23.2. The lowest BCUT2D eigenvalue weighted by molar-refractivity contribution is 0.0542. The van der Waals surface area contributed by atoms with Crippen molar-refractivity contribution in [2.24, 2.45) is 5.92 Å². The van der Waals surface area contributed by atoms with Crippen molar-refractivity contribution in [2.75, 3.05) is 13.2 Å². The highest BCUT2D eigenvalue weighted by Crippen LogP contribution is 2.31. The molecule has 0 saturated carbocycles. The number of fused-ring (bicyclic) bond motifs is 1. The normalized spacial score (nSPS) is 53.4. The van der Waals surface area contributed by atoms with E-state index >= 15 is 0 Å². The molecule has 58 valence electrons. The van der Waals surface area contributed by atoms with Crippen molar-refractivity contribution in [3.8, 4) is 0 Å². The molecule has 0 N–H and O–H groups in total. The summed E-state index contributed by atoms with van der Waals surface area (Å²) in [6.45, 7) is 2.90. The minimum atomic E-state index is -0.894. The summed E-state index contributed by atoms with van der Waals surface area (Å²) >= 11 is 0. The average molecular weight is 146 g/mol. The van der Waals surface area contributed by atoms with Gasteiger partial charge in [-0.1, -0.05) is 6.92 Å². The van der Waals surface area contributed by atoms with Gasteiger partial charge in [-0.15, -0.1) is 0 Å². The molecule has 2 saturated heterocycles. The molecule has 0 spiro atoms. The van der Waals surface area contributed by atoms with Crippen molar-refractivity contribution >= 4 is 0 Å². The fourth-order valence-electron chi connectivity index (χ4n) is 1.64. The molecule has 0 radical (unpaired) electrons. The lowest BCUT2D eigenvalue weighted by Gasteiger charge is -2.09. The van der Waals surface area contributed by atoms with E-state index in [2.05, 4.69) is 0 Å². The van der Waals surface area contributed by atoms with E-state index in [4.69, 9.17) is 9.47 Å². The van der Waals surface area contributed by atoms with Gasteiger partial charge in [-0.3, -0.25) is 0 Å². The second kappa shape index (κ2) is 2.17. The maximum atomic E-state index is 12.8. The number of rotatable bonds is 0. The summed E-state index contributed by atoms with van der Waals surface area (Å²) in [6.07, 6.45) is -1.14. The molecule has 0 amide bonds. The molecule has 2 rings (SSSR count). The van der Waals surface area contributed by atoms with Crippen LogP contribution >= 0.6 is 0 Å². The zero-order valence-electron chi connectivity index (χ0n) is 5.92. The molecule has 0 aliphatic carbocycles. The molecule has 2 heterocycles. The summed E-state index contributed by atoms with van der Waals surface area (Å²) in [7, 11) is 0. The van der Waals surface area contributed by atoms with Crippen molar-refractivity contribution in [3.63, 3.8) is 0 Å². The van der Waals surface area contributed by atoms with Gasteiger partial charge in [-0.2, -0.15) is 0 Å². The van der Waals surface area contributed by atoms with Crippen LogP contribution in [0.15, 0.2) is 0 Å². The topological polar surface area (TPSA) is 18.5 Å². The van der Waals surface area contributed by atoms with E-state index in [0.717, 1.165) is 0 Å². The van der Waals surface area contributed by atoms with Gasteiger partial charge >= 0.3 is 0 Å². The minimum absolute atomic E-state index is 0.0231. The van der Waals surface area contributed by atoms with Crippen LogP contribution < -0.4 is 0 Å². The molecule has 2 nitrogen and oxygen atoms in total.